The molecule has 2 aliphatic heterocycles. The summed E-state index contributed by atoms with van der Waals surface area (Å²) < 4.78 is 25.6. The predicted molar refractivity (Wildman–Crippen MR) is 161 cm³/mol. The van der Waals surface area contributed by atoms with Gasteiger partial charge >= 0.3 is 0 Å². The number of aliphatic hydroxyl groups excluding tert-OH is 2. The molecule has 0 aromatic carbocycles. The van der Waals surface area contributed by atoms with Crippen molar-refractivity contribution < 1.29 is 24.1 Å². The summed E-state index contributed by atoms with van der Waals surface area (Å²) in [5.41, 5.74) is 0. The minimum Gasteiger partial charge on any atom is -0.395 e. The molecule has 208 valence electrons. The first-order chi connectivity index (χ1) is 17.9. The third kappa shape index (κ3) is 12.1. The van der Waals surface area contributed by atoms with Gasteiger partial charge in [-0.2, -0.15) is 4.39 Å². The Kier molecular flexibility index (Phi) is 15.8. The molecule has 3 N–H and O–H groups in total. The summed E-state index contributed by atoms with van der Waals surface area (Å²) in [5, 5.41) is 19.8. The molecule has 2 aliphatic rings. The molecule has 0 amide bonds. The highest BCUT2D eigenvalue weighted by atomic mass is 127. The topological polar surface area (TPSA) is 106 Å². The number of aliphatic hydroxyl groups is 2. The van der Waals surface area contributed by atoms with Crippen LogP contribution in [0.4, 0.5) is 21.8 Å². The van der Waals surface area contributed by atoms with E-state index in [-0.39, 0.29) is 13.2 Å². The number of rotatable bonds is 7. The van der Waals surface area contributed by atoms with Gasteiger partial charge in [0.1, 0.15) is 17.5 Å². The minimum absolute atomic E-state index is 0.135. The second kappa shape index (κ2) is 18.2. The number of morpholine rings is 2. The number of halogens is 3. The van der Waals surface area contributed by atoms with Gasteiger partial charge in [0.25, 0.3) is 0 Å². The molecule has 0 spiro atoms. The fraction of sp³-hybridized carbons (Fsp3) is 0.583. The molecule has 2 saturated heterocycles. The summed E-state index contributed by atoms with van der Waals surface area (Å²) in [6.45, 7) is 7.89. The smallest absolute Gasteiger partial charge is 0.215 e. The fourth-order valence-corrected chi connectivity index (χ4v) is 4.50. The summed E-state index contributed by atoms with van der Waals surface area (Å²) in [6.07, 6.45) is 0. The van der Waals surface area contributed by atoms with Gasteiger partial charge in [-0.1, -0.05) is 0 Å². The van der Waals surface area contributed by atoms with Crippen molar-refractivity contribution in [2.45, 2.75) is 0 Å². The van der Waals surface area contributed by atoms with E-state index in [0.717, 1.165) is 58.2 Å². The maximum atomic E-state index is 13.0. The second-order valence-electron chi connectivity index (χ2n) is 8.14. The van der Waals surface area contributed by atoms with Crippen LogP contribution in [0.1, 0.15) is 0 Å². The lowest BCUT2D eigenvalue weighted by atomic mass is 10.3. The molecule has 10 nitrogen and oxygen atoms in total. The largest absolute Gasteiger partial charge is 0.395 e. The van der Waals surface area contributed by atoms with Gasteiger partial charge in [0.15, 0.2) is 0 Å². The van der Waals surface area contributed by atoms with Crippen LogP contribution in [0, 0.1) is 13.1 Å². The minimum atomic E-state index is -0.418. The molecule has 0 unspecified atom stereocenters. The third-order valence-electron chi connectivity index (χ3n) is 5.37. The van der Waals surface area contributed by atoms with Crippen LogP contribution in [0.3, 0.4) is 0 Å². The first-order valence-corrected chi connectivity index (χ1v) is 14.3. The standard InChI is InChI=1S/C12H18IN3O2.C9H10FIN2O.C3H9NO/c1-15(2-5-17)11-8-10(13)9-12(14-11)16-3-6-18-7-4-16;10-8-5-7(11)6-9(12-8)13-1-3-14-4-2-13;1-4-2-3-5/h8-9,17H,2-7H2,1H3;5-6H,1-4H2;4-5H,2-3H2,1H3. The van der Waals surface area contributed by atoms with Crippen molar-refractivity contribution in [3.05, 3.63) is 37.4 Å². The van der Waals surface area contributed by atoms with Crippen LogP contribution in [0.2, 0.25) is 0 Å². The van der Waals surface area contributed by atoms with E-state index in [4.69, 9.17) is 19.7 Å². The fourth-order valence-electron chi connectivity index (χ4n) is 3.40. The molecule has 4 rings (SSSR count). The predicted octanol–water partition coefficient (Wildman–Crippen LogP) is 1.81. The van der Waals surface area contributed by atoms with E-state index in [1.165, 1.54) is 6.07 Å². The normalized spacial score (nSPS) is 15.3. The van der Waals surface area contributed by atoms with Gasteiger partial charge in [0, 0.05) is 59.5 Å². The Morgan fingerprint density at radius 3 is 1.84 bits per heavy atom. The van der Waals surface area contributed by atoms with Gasteiger partial charge in [-0.25, -0.2) is 9.97 Å². The van der Waals surface area contributed by atoms with E-state index in [0.29, 0.717) is 32.1 Å². The lowest BCUT2D eigenvalue weighted by molar-refractivity contribution is 0.122. The highest BCUT2D eigenvalue weighted by Crippen LogP contribution is 2.22. The van der Waals surface area contributed by atoms with E-state index in [1.807, 2.05) is 29.0 Å². The Morgan fingerprint density at radius 1 is 0.892 bits per heavy atom. The first-order valence-electron chi connectivity index (χ1n) is 12.1. The summed E-state index contributed by atoms with van der Waals surface area (Å²) in [7, 11) is 3.74. The van der Waals surface area contributed by atoms with Gasteiger partial charge in [0.2, 0.25) is 5.95 Å². The van der Waals surface area contributed by atoms with Crippen LogP contribution >= 0.6 is 45.2 Å². The van der Waals surface area contributed by atoms with E-state index in [9.17, 15) is 4.39 Å². The van der Waals surface area contributed by atoms with Crippen molar-refractivity contribution in [3.63, 3.8) is 0 Å². The highest BCUT2D eigenvalue weighted by molar-refractivity contribution is 14.1. The molecule has 2 fully saturated rings. The zero-order valence-corrected chi connectivity index (χ0v) is 25.7. The van der Waals surface area contributed by atoms with Crippen LogP contribution in [-0.2, 0) is 9.47 Å². The quantitative estimate of drug-likeness (QED) is 0.287. The third-order valence-corrected chi connectivity index (χ3v) is 6.61. The van der Waals surface area contributed by atoms with Crippen molar-refractivity contribution in [2.75, 3.05) is 108 Å². The van der Waals surface area contributed by atoms with Gasteiger partial charge in [0.05, 0.1) is 39.6 Å². The molecule has 0 saturated carbocycles. The number of hydrogen-bond donors (Lipinski definition) is 3. The van der Waals surface area contributed by atoms with Gasteiger partial charge in [-0.3, -0.25) is 0 Å². The van der Waals surface area contributed by atoms with Crippen molar-refractivity contribution >= 4 is 62.6 Å². The number of aromatic nitrogens is 2. The molecule has 2 aromatic heterocycles. The average Bonchev–Trinajstić information content (AvgIpc) is 2.90. The molecule has 0 radical (unpaired) electrons. The maximum absolute atomic E-state index is 13.0. The molecule has 0 bridgehead atoms. The number of likely N-dealkylation sites (N-methyl/N-ethyl adjacent to an activating group) is 2. The first kappa shape index (κ1) is 32.1. The molecule has 37 heavy (non-hydrogen) atoms. The molecule has 0 aliphatic carbocycles. The Morgan fingerprint density at radius 2 is 1.41 bits per heavy atom. The van der Waals surface area contributed by atoms with Crippen LogP contribution < -0.4 is 20.0 Å². The van der Waals surface area contributed by atoms with E-state index < -0.39 is 5.95 Å². The Bertz CT molecular complexity index is 899. The molecule has 13 heteroatoms. The van der Waals surface area contributed by atoms with E-state index in [1.54, 1.807) is 7.05 Å². The average molecular weight is 746 g/mol. The summed E-state index contributed by atoms with van der Waals surface area (Å²) in [6, 6.07) is 7.42. The van der Waals surface area contributed by atoms with Crippen LogP contribution in [0.15, 0.2) is 24.3 Å². The summed E-state index contributed by atoms with van der Waals surface area (Å²) in [5.74, 6) is 2.18. The zero-order chi connectivity index (χ0) is 27.0. The van der Waals surface area contributed by atoms with Gasteiger partial charge < -0.3 is 39.7 Å². The number of anilines is 3. The molecule has 4 heterocycles. The highest BCUT2D eigenvalue weighted by Gasteiger charge is 2.15. The number of nitrogens with zero attached hydrogens (tertiary/aromatic N) is 5. The Hall–Kier alpha value is -1.11. The van der Waals surface area contributed by atoms with E-state index in [2.05, 4.69) is 71.4 Å². The van der Waals surface area contributed by atoms with Crippen molar-refractivity contribution in [2.24, 2.45) is 0 Å². The van der Waals surface area contributed by atoms with Gasteiger partial charge in [-0.05, 0) is 70.4 Å². The van der Waals surface area contributed by atoms with Gasteiger partial charge in [-0.15, -0.1) is 0 Å². The second-order valence-corrected chi connectivity index (χ2v) is 10.6. The van der Waals surface area contributed by atoms with Crippen molar-refractivity contribution in [1.82, 2.24) is 15.3 Å². The lowest BCUT2D eigenvalue weighted by Crippen LogP contribution is -2.37. The van der Waals surface area contributed by atoms with E-state index >= 15 is 0 Å². The number of ether oxygens (including phenoxy) is 2. The van der Waals surface area contributed by atoms with Crippen LogP contribution in [0.5, 0.6) is 0 Å². The Balaban J connectivity index is 0.000000225. The number of nitrogens with one attached hydrogen (secondary N) is 1. The molecule has 2 aromatic rings. The molecular formula is C24H37FI2N6O4. The van der Waals surface area contributed by atoms with Crippen molar-refractivity contribution in [1.29, 1.82) is 0 Å². The summed E-state index contributed by atoms with van der Waals surface area (Å²) in [4.78, 5) is 14.8. The van der Waals surface area contributed by atoms with Crippen LogP contribution in [-0.4, -0.2) is 113 Å². The molecular weight excluding hydrogens is 709 g/mol. The monoisotopic (exact) mass is 746 g/mol. The molecule has 0 atom stereocenters. The maximum Gasteiger partial charge on any atom is 0.215 e. The van der Waals surface area contributed by atoms with Crippen LogP contribution in [0.25, 0.3) is 0 Å². The van der Waals surface area contributed by atoms with Crippen molar-refractivity contribution in [3.8, 4) is 0 Å². The Labute approximate surface area is 245 Å². The summed E-state index contributed by atoms with van der Waals surface area (Å²) >= 11 is 4.39. The number of hydrogen-bond acceptors (Lipinski definition) is 10. The number of pyridine rings is 2. The zero-order valence-electron chi connectivity index (χ0n) is 21.4. The lowest BCUT2D eigenvalue weighted by Gasteiger charge is -2.29. The SMILES string of the molecule is CN(CCO)c1cc(I)cc(N2CCOCC2)n1.CNCCO.Fc1cc(I)cc(N2CCOCC2)n1.